The Morgan fingerprint density at radius 3 is 2.44 bits per heavy atom. The maximum atomic E-state index is 12.6. The molecule has 27 heavy (non-hydrogen) atoms. The van der Waals surface area contributed by atoms with Crippen LogP contribution >= 0.6 is 0 Å². The smallest absolute Gasteiger partial charge is 0.255 e. The molecule has 0 radical (unpaired) electrons. The minimum atomic E-state index is -3.33. The summed E-state index contributed by atoms with van der Waals surface area (Å²) in [7, 11) is -3.33. The van der Waals surface area contributed by atoms with Crippen molar-refractivity contribution in [3.05, 3.63) is 59.2 Å². The molecule has 1 aliphatic heterocycles. The zero-order valence-electron chi connectivity index (χ0n) is 14.7. The minimum Gasteiger partial charge on any atom is -0.348 e. The first-order valence-corrected chi connectivity index (χ1v) is 10.6. The second-order valence-corrected chi connectivity index (χ2v) is 9.21. The first-order valence-electron chi connectivity index (χ1n) is 9.01. The molecule has 2 aromatic rings. The Bertz CT molecular complexity index is 1010. The van der Waals surface area contributed by atoms with Crippen molar-refractivity contribution in [2.75, 3.05) is 5.32 Å². The maximum absolute atomic E-state index is 12.6. The topological polar surface area (TPSA) is 92.3 Å². The van der Waals surface area contributed by atoms with Gasteiger partial charge >= 0.3 is 0 Å². The summed E-state index contributed by atoms with van der Waals surface area (Å²) < 4.78 is 25.2. The summed E-state index contributed by atoms with van der Waals surface area (Å²) in [4.78, 5) is 24.4. The van der Waals surface area contributed by atoms with E-state index in [4.69, 9.17) is 0 Å². The van der Waals surface area contributed by atoms with Gasteiger partial charge in [-0.1, -0.05) is 18.9 Å². The minimum absolute atomic E-state index is 0.150. The molecule has 6 nitrogen and oxygen atoms in total. The molecule has 2 N–H and O–H groups in total. The zero-order chi connectivity index (χ0) is 19.0. The summed E-state index contributed by atoms with van der Waals surface area (Å²) in [6.07, 6.45) is 3.30. The quantitative estimate of drug-likeness (QED) is 0.848. The van der Waals surface area contributed by atoms with Crippen LogP contribution in [0.25, 0.3) is 0 Å². The molecule has 1 heterocycles. The number of amides is 2. The van der Waals surface area contributed by atoms with Crippen molar-refractivity contribution in [3.8, 4) is 0 Å². The predicted molar refractivity (Wildman–Crippen MR) is 101 cm³/mol. The van der Waals surface area contributed by atoms with Crippen molar-refractivity contribution in [1.29, 1.82) is 0 Å². The fourth-order valence-corrected chi connectivity index (χ4v) is 5.54. The van der Waals surface area contributed by atoms with E-state index in [9.17, 15) is 18.0 Å². The molecule has 0 saturated heterocycles. The molecule has 0 spiro atoms. The fraction of sp³-hybridized carbons (Fsp3) is 0.300. The van der Waals surface area contributed by atoms with Gasteiger partial charge in [-0.05, 0) is 54.8 Å². The summed E-state index contributed by atoms with van der Waals surface area (Å²) in [5.41, 5.74) is 2.36. The molecule has 0 unspecified atom stereocenters. The van der Waals surface area contributed by atoms with Gasteiger partial charge in [0.15, 0.2) is 9.84 Å². The van der Waals surface area contributed by atoms with Gasteiger partial charge in [-0.3, -0.25) is 9.59 Å². The van der Waals surface area contributed by atoms with E-state index < -0.39 is 9.84 Å². The second-order valence-electron chi connectivity index (χ2n) is 6.98. The number of sulfone groups is 1. The van der Waals surface area contributed by atoms with Crippen LogP contribution < -0.4 is 10.6 Å². The van der Waals surface area contributed by atoms with E-state index in [-0.39, 0.29) is 22.0 Å². The number of anilines is 1. The molecule has 0 aromatic heterocycles. The van der Waals surface area contributed by atoms with Crippen LogP contribution in [-0.4, -0.2) is 25.5 Å². The number of fused-ring (bicyclic) bond motifs is 1. The standard InChI is InChI=1S/C20H20N2O4S/c23-19(22-15-8-5-14-12-21-20(24)18(14)11-15)13-6-9-17(10-7-13)27(25,26)16-3-1-2-4-16/h5-11,16H,1-4,12H2,(H,21,24)(H,22,23). The number of hydrogen-bond acceptors (Lipinski definition) is 4. The Morgan fingerprint density at radius 1 is 1.04 bits per heavy atom. The van der Waals surface area contributed by atoms with Crippen LogP contribution in [0, 0.1) is 0 Å². The van der Waals surface area contributed by atoms with Gasteiger partial charge < -0.3 is 10.6 Å². The molecule has 140 valence electrons. The van der Waals surface area contributed by atoms with Gasteiger partial charge in [-0.25, -0.2) is 8.42 Å². The summed E-state index contributed by atoms with van der Waals surface area (Å²) in [6, 6.07) is 11.2. The molecule has 7 heteroatoms. The van der Waals surface area contributed by atoms with E-state index in [1.165, 1.54) is 24.3 Å². The van der Waals surface area contributed by atoms with Crippen molar-refractivity contribution in [2.45, 2.75) is 42.4 Å². The van der Waals surface area contributed by atoms with Gasteiger partial charge in [0.2, 0.25) is 0 Å². The van der Waals surface area contributed by atoms with Crippen molar-refractivity contribution in [2.24, 2.45) is 0 Å². The molecule has 2 aromatic carbocycles. The molecule has 1 fully saturated rings. The number of benzene rings is 2. The van der Waals surface area contributed by atoms with Crippen LogP contribution in [-0.2, 0) is 16.4 Å². The highest BCUT2D eigenvalue weighted by atomic mass is 32.2. The second kappa shape index (κ2) is 6.81. The van der Waals surface area contributed by atoms with Gasteiger partial charge in [-0.2, -0.15) is 0 Å². The van der Waals surface area contributed by atoms with E-state index in [1.807, 2.05) is 0 Å². The summed E-state index contributed by atoms with van der Waals surface area (Å²) in [5.74, 6) is -0.499. The lowest BCUT2D eigenvalue weighted by Gasteiger charge is -2.12. The van der Waals surface area contributed by atoms with E-state index >= 15 is 0 Å². The number of hydrogen-bond donors (Lipinski definition) is 2. The summed E-state index contributed by atoms with van der Waals surface area (Å²) >= 11 is 0. The molecule has 0 bridgehead atoms. The van der Waals surface area contributed by atoms with Crippen LogP contribution in [0.2, 0.25) is 0 Å². The Kier molecular flexibility index (Phi) is 4.47. The van der Waals surface area contributed by atoms with Crippen LogP contribution in [0.5, 0.6) is 0 Å². The molecule has 1 aliphatic carbocycles. The van der Waals surface area contributed by atoms with Gasteiger partial charge in [-0.15, -0.1) is 0 Å². The first-order chi connectivity index (χ1) is 12.9. The van der Waals surface area contributed by atoms with E-state index in [1.54, 1.807) is 18.2 Å². The van der Waals surface area contributed by atoms with E-state index in [0.29, 0.717) is 36.2 Å². The normalized spacial score (nSPS) is 16.8. The number of rotatable bonds is 4. The van der Waals surface area contributed by atoms with Gasteiger partial charge in [0.05, 0.1) is 10.1 Å². The molecular weight excluding hydrogens is 364 g/mol. The van der Waals surface area contributed by atoms with Crippen molar-refractivity contribution >= 4 is 27.3 Å². The monoisotopic (exact) mass is 384 g/mol. The Labute approximate surface area is 157 Å². The van der Waals surface area contributed by atoms with Crippen LogP contribution in [0.3, 0.4) is 0 Å². The molecular formula is C20H20N2O4S. The number of nitrogens with one attached hydrogen (secondary N) is 2. The van der Waals surface area contributed by atoms with Crippen molar-refractivity contribution in [3.63, 3.8) is 0 Å². The van der Waals surface area contributed by atoms with Crippen LogP contribution in [0.4, 0.5) is 5.69 Å². The molecule has 0 atom stereocenters. The van der Waals surface area contributed by atoms with Crippen LogP contribution in [0.15, 0.2) is 47.4 Å². The third-order valence-corrected chi connectivity index (χ3v) is 7.52. The Hall–Kier alpha value is -2.67. The molecule has 2 amide bonds. The third kappa shape index (κ3) is 3.35. The SMILES string of the molecule is O=C(Nc1ccc2c(c1)C(=O)NC2)c1ccc(S(=O)(=O)C2CCCC2)cc1. The van der Waals surface area contributed by atoms with E-state index in [0.717, 1.165) is 18.4 Å². The molecule has 1 saturated carbocycles. The van der Waals surface area contributed by atoms with Gasteiger partial charge in [0.25, 0.3) is 11.8 Å². The lowest BCUT2D eigenvalue weighted by molar-refractivity contribution is 0.0964. The number of carbonyl (C=O) groups excluding carboxylic acids is 2. The lowest BCUT2D eigenvalue weighted by Crippen LogP contribution is -2.18. The van der Waals surface area contributed by atoms with Crippen molar-refractivity contribution in [1.82, 2.24) is 5.32 Å². The molecule has 4 rings (SSSR count). The van der Waals surface area contributed by atoms with Gasteiger partial charge in [0.1, 0.15) is 0 Å². The number of carbonyl (C=O) groups is 2. The summed E-state index contributed by atoms with van der Waals surface area (Å²) in [6.45, 7) is 0.499. The van der Waals surface area contributed by atoms with Gasteiger partial charge in [0, 0.05) is 23.4 Å². The third-order valence-electron chi connectivity index (χ3n) is 5.24. The highest BCUT2D eigenvalue weighted by molar-refractivity contribution is 7.92. The Balaban J connectivity index is 1.50. The fourth-order valence-electron chi connectivity index (χ4n) is 3.68. The summed E-state index contributed by atoms with van der Waals surface area (Å²) in [5, 5.41) is 5.18. The zero-order valence-corrected chi connectivity index (χ0v) is 15.5. The predicted octanol–water partition coefficient (Wildman–Crippen LogP) is 2.90. The Morgan fingerprint density at radius 2 is 1.74 bits per heavy atom. The average molecular weight is 384 g/mol. The van der Waals surface area contributed by atoms with Crippen LogP contribution in [0.1, 0.15) is 52.0 Å². The largest absolute Gasteiger partial charge is 0.348 e. The highest BCUT2D eigenvalue weighted by Gasteiger charge is 2.30. The van der Waals surface area contributed by atoms with E-state index in [2.05, 4.69) is 10.6 Å². The lowest BCUT2D eigenvalue weighted by atomic mass is 10.1. The maximum Gasteiger partial charge on any atom is 0.255 e. The highest BCUT2D eigenvalue weighted by Crippen LogP contribution is 2.29. The average Bonchev–Trinajstić information content (AvgIpc) is 3.33. The van der Waals surface area contributed by atoms with Crippen molar-refractivity contribution < 1.29 is 18.0 Å². The molecule has 2 aliphatic rings. The first kappa shape index (κ1) is 17.7.